The average molecular weight is 472 g/mol. The van der Waals surface area contributed by atoms with E-state index in [9.17, 15) is 19.1 Å². The zero-order valence-electron chi connectivity index (χ0n) is 16.7. The van der Waals surface area contributed by atoms with Gasteiger partial charge in [0.2, 0.25) is 0 Å². The van der Waals surface area contributed by atoms with Gasteiger partial charge in [-0.1, -0.05) is 59.6 Å². The summed E-state index contributed by atoms with van der Waals surface area (Å²) >= 11 is 12.4. The van der Waals surface area contributed by atoms with E-state index in [1.54, 1.807) is 30.3 Å². The molecule has 162 valence electrons. The number of rotatable bonds is 4. The normalized spacial score (nSPS) is 17.6. The highest BCUT2D eigenvalue weighted by molar-refractivity contribution is 6.51. The van der Waals surface area contributed by atoms with Gasteiger partial charge in [0.05, 0.1) is 28.8 Å². The molecule has 1 amide bonds. The number of Topliss-reactive ketones (excluding diaryl/α,β-unsaturated/α-hetero) is 1. The van der Waals surface area contributed by atoms with Crippen LogP contribution >= 0.6 is 23.2 Å². The zero-order chi connectivity index (χ0) is 23.0. The summed E-state index contributed by atoms with van der Waals surface area (Å²) in [5.41, 5.74) is 0.718. The molecule has 5 nitrogen and oxygen atoms in total. The Hall–Kier alpha value is -3.35. The summed E-state index contributed by atoms with van der Waals surface area (Å²) in [7, 11) is 1.40. The Kier molecular flexibility index (Phi) is 5.91. The van der Waals surface area contributed by atoms with E-state index in [4.69, 9.17) is 27.9 Å². The Morgan fingerprint density at radius 2 is 1.66 bits per heavy atom. The molecule has 1 N–H and O–H groups in total. The third kappa shape index (κ3) is 3.72. The minimum atomic E-state index is -0.988. The van der Waals surface area contributed by atoms with Gasteiger partial charge in [0.1, 0.15) is 11.6 Å². The molecule has 3 aromatic carbocycles. The van der Waals surface area contributed by atoms with Crippen LogP contribution in [0.3, 0.4) is 0 Å². The van der Waals surface area contributed by atoms with Gasteiger partial charge in [-0.25, -0.2) is 4.39 Å². The molecule has 8 heteroatoms. The van der Waals surface area contributed by atoms with E-state index in [0.29, 0.717) is 5.56 Å². The van der Waals surface area contributed by atoms with Crippen LogP contribution in [0.15, 0.2) is 72.3 Å². The number of amides is 1. The smallest absolute Gasteiger partial charge is 0.300 e. The Morgan fingerprint density at radius 1 is 1.00 bits per heavy atom. The molecule has 1 aliphatic rings. The molecule has 1 fully saturated rings. The molecule has 1 atom stereocenters. The van der Waals surface area contributed by atoms with Crippen molar-refractivity contribution in [3.63, 3.8) is 0 Å². The fraction of sp³-hybridized carbons (Fsp3) is 0.0833. The number of hydrogen-bond acceptors (Lipinski definition) is 4. The van der Waals surface area contributed by atoms with Gasteiger partial charge >= 0.3 is 0 Å². The summed E-state index contributed by atoms with van der Waals surface area (Å²) in [6.45, 7) is 0. The van der Waals surface area contributed by atoms with E-state index in [2.05, 4.69) is 0 Å². The summed E-state index contributed by atoms with van der Waals surface area (Å²) in [5.74, 6) is -2.61. The molecule has 0 aliphatic carbocycles. The molecule has 0 saturated carbocycles. The van der Waals surface area contributed by atoms with Gasteiger partial charge < -0.3 is 9.84 Å². The number of ether oxygens (including phenoxy) is 1. The number of halogens is 3. The van der Waals surface area contributed by atoms with E-state index in [1.807, 2.05) is 0 Å². The van der Waals surface area contributed by atoms with Crippen LogP contribution in [0.5, 0.6) is 5.75 Å². The highest BCUT2D eigenvalue weighted by Crippen LogP contribution is 2.43. The number of hydrogen-bond donors (Lipinski definition) is 1. The van der Waals surface area contributed by atoms with Gasteiger partial charge in [0.15, 0.2) is 5.75 Å². The highest BCUT2D eigenvalue weighted by Gasteiger charge is 2.47. The fourth-order valence-electron chi connectivity index (χ4n) is 3.72. The van der Waals surface area contributed by atoms with Gasteiger partial charge in [-0.15, -0.1) is 0 Å². The second kappa shape index (κ2) is 8.65. The third-order valence-electron chi connectivity index (χ3n) is 5.12. The van der Waals surface area contributed by atoms with E-state index < -0.39 is 29.3 Å². The maximum absolute atomic E-state index is 13.9. The van der Waals surface area contributed by atoms with Crippen LogP contribution in [0.2, 0.25) is 10.0 Å². The zero-order valence-corrected chi connectivity index (χ0v) is 18.2. The van der Waals surface area contributed by atoms with Gasteiger partial charge in [0.25, 0.3) is 11.7 Å². The number of ketones is 1. The minimum absolute atomic E-state index is 0.122. The van der Waals surface area contributed by atoms with Crippen molar-refractivity contribution in [2.75, 3.05) is 12.0 Å². The van der Waals surface area contributed by atoms with Crippen molar-refractivity contribution in [1.29, 1.82) is 0 Å². The lowest BCUT2D eigenvalue weighted by molar-refractivity contribution is -0.132. The molecule has 0 aromatic heterocycles. The van der Waals surface area contributed by atoms with E-state index in [1.165, 1.54) is 42.3 Å². The number of aliphatic hydroxyl groups excluding tert-OH is 1. The summed E-state index contributed by atoms with van der Waals surface area (Å²) in [6, 6.07) is 15.8. The van der Waals surface area contributed by atoms with Crippen molar-refractivity contribution < 1.29 is 23.8 Å². The second-order valence-electron chi connectivity index (χ2n) is 7.03. The molecule has 1 unspecified atom stereocenters. The predicted molar refractivity (Wildman–Crippen MR) is 121 cm³/mol. The number of nitrogens with zero attached hydrogens (tertiary/aromatic N) is 1. The summed E-state index contributed by atoms with van der Waals surface area (Å²) in [6.07, 6.45) is 0. The van der Waals surface area contributed by atoms with Crippen LogP contribution in [-0.4, -0.2) is 23.9 Å². The lowest BCUT2D eigenvalue weighted by atomic mass is 9.95. The minimum Gasteiger partial charge on any atom is -0.507 e. The molecule has 1 saturated heterocycles. The Bertz CT molecular complexity index is 1240. The summed E-state index contributed by atoms with van der Waals surface area (Å²) in [4.78, 5) is 27.3. The van der Waals surface area contributed by atoms with Crippen molar-refractivity contribution in [3.8, 4) is 5.75 Å². The predicted octanol–water partition coefficient (Wildman–Crippen LogP) is 5.77. The number of anilines is 1. The maximum Gasteiger partial charge on any atom is 0.300 e. The number of aliphatic hydroxyl groups is 1. The first kappa shape index (κ1) is 21.9. The summed E-state index contributed by atoms with van der Waals surface area (Å²) < 4.78 is 19.1. The van der Waals surface area contributed by atoms with Gasteiger partial charge in [0, 0.05) is 11.3 Å². The van der Waals surface area contributed by atoms with Crippen LogP contribution in [0.1, 0.15) is 17.2 Å². The maximum atomic E-state index is 13.9. The molecule has 3 aromatic rings. The van der Waals surface area contributed by atoms with Crippen molar-refractivity contribution >= 4 is 46.3 Å². The van der Waals surface area contributed by atoms with Crippen LogP contribution in [0, 0.1) is 5.82 Å². The molecule has 0 spiro atoms. The van der Waals surface area contributed by atoms with Crippen LogP contribution < -0.4 is 9.64 Å². The van der Waals surface area contributed by atoms with Gasteiger partial charge in [-0.2, -0.15) is 0 Å². The topological polar surface area (TPSA) is 66.8 Å². The third-order valence-corrected chi connectivity index (χ3v) is 5.68. The van der Waals surface area contributed by atoms with Crippen LogP contribution in [0.4, 0.5) is 10.1 Å². The first-order valence-corrected chi connectivity index (χ1v) is 10.2. The van der Waals surface area contributed by atoms with Crippen molar-refractivity contribution in [2.24, 2.45) is 0 Å². The molecule has 32 heavy (non-hydrogen) atoms. The van der Waals surface area contributed by atoms with Crippen molar-refractivity contribution in [1.82, 2.24) is 0 Å². The van der Waals surface area contributed by atoms with E-state index in [0.717, 1.165) is 6.07 Å². The van der Waals surface area contributed by atoms with Gasteiger partial charge in [-0.05, 0) is 35.9 Å². The van der Waals surface area contributed by atoms with Crippen molar-refractivity contribution in [3.05, 3.63) is 99.3 Å². The number of carbonyl (C=O) groups is 2. The van der Waals surface area contributed by atoms with E-state index in [-0.39, 0.29) is 32.6 Å². The molecule has 0 radical (unpaired) electrons. The molecule has 4 rings (SSSR count). The fourth-order valence-corrected chi connectivity index (χ4v) is 4.36. The molecular formula is C24H16Cl2FNO4. The average Bonchev–Trinajstić information content (AvgIpc) is 3.04. The number of methoxy groups -OCH3 is 1. The Balaban J connectivity index is 1.96. The first-order valence-electron chi connectivity index (χ1n) is 9.48. The quantitative estimate of drug-likeness (QED) is 0.298. The number of benzene rings is 3. The monoisotopic (exact) mass is 471 g/mol. The highest BCUT2D eigenvalue weighted by atomic mass is 35.5. The van der Waals surface area contributed by atoms with Gasteiger partial charge in [-0.3, -0.25) is 14.5 Å². The first-order chi connectivity index (χ1) is 15.3. The standard InChI is InChI=1S/C24H16Cl2FNO4/c1-32-23-17(25)10-14(11-18(23)26)21(29)19-20(13-6-3-2-4-7-13)28(24(31)22(19)30)16-9-5-8-15(27)12-16/h2-12,20,29H,1H3/b21-19+. The Labute approximate surface area is 193 Å². The number of carbonyl (C=O) groups excluding carboxylic acids is 2. The van der Waals surface area contributed by atoms with Crippen molar-refractivity contribution in [2.45, 2.75) is 6.04 Å². The van der Waals surface area contributed by atoms with Crippen LogP contribution in [0.25, 0.3) is 5.76 Å². The van der Waals surface area contributed by atoms with Crippen LogP contribution in [-0.2, 0) is 9.59 Å². The van der Waals surface area contributed by atoms with E-state index >= 15 is 0 Å². The largest absolute Gasteiger partial charge is 0.507 e. The Morgan fingerprint density at radius 3 is 2.25 bits per heavy atom. The molecule has 0 bridgehead atoms. The lowest BCUT2D eigenvalue weighted by Crippen LogP contribution is -2.29. The molecule has 1 heterocycles. The second-order valence-corrected chi connectivity index (χ2v) is 7.85. The SMILES string of the molecule is COc1c(Cl)cc(/C(O)=C2\C(=O)C(=O)N(c3cccc(F)c3)C2c2ccccc2)cc1Cl. The summed E-state index contributed by atoms with van der Waals surface area (Å²) in [5, 5.41) is 11.4. The molecule has 1 aliphatic heterocycles. The molecular weight excluding hydrogens is 456 g/mol. The lowest BCUT2D eigenvalue weighted by Gasteiger charge is -2.25.